The van der Waals surface area contributed by atoms with Crippen LogP contribution in [0, 0.1) is 5.92 Å². The number of methoxy groups -OCH3 is 1. The fourth-order valence-electron chi connectivity index (χ4n) is 4.15. The first-order valence-electron chi connectivity index (χ1n) is 12.2. The fraction of sp³-hybridized carbons (Fsp3) is 0.462. The van der Waals surface area contributed by atoms with Gasteiger partial charge in [-0.05, 0) is 43.0 Å². The van der Waals surface area contributed by atoms with E-state index in [1.54, 1.807) is 30.9 Å². The number of nitrogens with one attached hydrogen (secondary N) is 1. The number of hydrogen-bond donors (Lipinski definition) is 1. The zero-order chi connectivity index (χ0) is 25.7. The second-order valence-corrected chi connectivity index (χ2v) is 9.48. The molecule has 1 aliphatic rings. The number of piperidine rings is 1. The monoisotopic (exact) mass is 513 g/mol. The second kappa shape index (κ2) is 11.7. The number of carbonyl (C=O) groups excluding carboxylic acids is 1. The second-order valence-electron chi connectivity index (χ2n) is 9.07. The molecular weight excluding hydrogens is 482 g/mol. The van der Waals surface area contributed by atoms with Crippen molar-refractivity contribution in [3.63, 3.8) is 0 Å². The zero-order valence-electron chi connectivity index (χ0n) is 20.9. The van der Waals surface area contributed by atoms with Crippen LogP contribution in [-0.4, -0.2) is 53.7 Å². The van der Waals surface area contributed by atoms with Crippen molar-refractivity contribution in [3.8, 4) is 5.75 Å². The highest BCUT2D eigenvalue weighted by molar-refractivity contribution is 6.32. The maximum Gasteiger partial charge on any atom is 0.293 e. The Morgan fingerprint density at radius 3 is 2.75 bits per heavy atom. The zero-order valence-corrected chi connectivity index (χ0v) is 21.7. The van der Waals surface area contributed by atoms with Crippen molar-refractivity contribution in [1.29, 1.82) is 0 Å². The standard InChI is InChI=1S/C26H32ClN5O4/c1-4-20(33)16-36-23-14-18-13-19(5-6-22(18)32(25(23)34)11-12-35-3)29-24-21(27)15-28-26(30-24)31-9-7-17(2)8-10-31/h5-6,13-15,17H,4,7-12,16H2,1-3H3,(H,28,29,30). The Labute approximate surface area is 215 Å². The molecule has 1 saturated heterocycles. The number of pyridine rings is 1. The number of aromatic nitrogens is 3. The van der Waals surface area contributed by atoms with Crippen LogP contribution in [0.2, 0.25) is 5.02 Å². The maximum atomic E-state index is 13.0. The van der Waals surface area contributed by atoms with Crippen molar-refractivity contribution in [2.75, 3.05) is 43.6 Å². The summed E-state index contributed by atoms with van der Waals surface area (Å²) < 4.78 is 12.4. The summed E-state index contributed by atoms with van der Waals surface area (Å²) in [6.07, 6.45) is 4.18. The highest BCUT2D eigenvalue weighted by Gasteiger charge is 2.19. The molecule has 0 amide bonds. The maximum absolute atomic E-state index is 13.0. The van der Waals surface area contributed by atoms with Crippen molar-refractivity contribution < 1.29 is 14.3 Å². The lowest BCUT2D eigenvalue weighted by Crippen LogP contribution is -2.34. The Morgan fingerprint density at radius 1 is 1.25 bits per heavy atom. The van der Waals surface area contributed by atoms with E-state index in [9.17, 15) is 9.59 Å². The molecule has 1 aromatic carbocycles. The van der Waals surface area contributed by atoms with Crippen LogP contribution in [-0.2, 0) is 16.1 Å². The molecule has 10 heteroatoms. The first-order chi connectivity index (χ1) is 17.4. The molecule has 3 aromatic rings. The van der Waals surface area contributed by atoms with Crippen LogP contribution in [0.5, 0.6) is 5.75 Å². The topological polar surface area (TPSA) is 98.6 Å². The van der Waals surface area contributed by atoms with E-state index in [0.29, 0.717) is 42.3 Å². The van der Waals surface area contributed by atoms with E-state index in [-0.39, 0.29) is 23.7 Å². The van der Waals surface area contributed by atoms with Crippen molar-refractivity contribution in [2.45, 2.75) is 39.7 Å². The minimum atomic E-state index is -0.302. The molecule has 0 spiro atoms. The predicted octanol–water partition coefficient (Wildman–Crippen LogP) is 4.43. The fourth-order valence-corrected chi connectivity index (χ4v) is 4.29. The van der Waals surface area contributed by atoms with Gasteiger partial charge in [-0.1, -0.05) is 25.4 Å². The van der Waals surface area contributed by atoms with Gasteiger partial charge >= 0.3 is 0 Å². The first kappa shape index (κ1) is 25.9. The van der Waals surface area contributed by atoms with Crippen LogP contribution in [0.3, 0.4) is 0 Å². The van der Waals surface area contributed by atoms with Crippen molar-refractivity contribution in [2.24, 2.45) is 5.92 Å². The van der Waals surface area contributed by atoms with Crippen molar-refractivity contribution >= 4 is 45.7 Å². The van der Waals surface area contributed by atoms with E-state index in [1.165, 1.54) is 0 Å². The lowest BCUT2D eigenvalue weighted by molar-refractivity contribution is -0.120. The van der Waals surface area contributed by atoms with E-state index in [1.807, 2.05) is 18.2 Å². The highest BCUT2D eigenvalue weighted by atomic mass is 35.5. The van der Waals surface area contributed by atoms with E-state index >= 15 is 0 Å². The van der Waals surface area contributed by atoms with E-state index in [4.69, 9.17) is 21.1 Å². The molecule has 3 heterocycles. The van der Waals surface area contributed by atoms with Gasteiger partial charge in [0.05, 0.1) is 18.3 Å². The molecule has 1 aliphatic heterocycles. The minimum Gasteiger partial charge on any atom is -0.480 e. The molecule has 9 nitrogen and oxygen atoms in total. The van der Waals surface area contributed by atoms with Crippen molar-refractivity contribution in [1.82, 2.24) is 14.5 Å². The number of benzene rings is 1. The molecule has 0 unspecified atom stereocenters. The number of halogens is 1. The van der Waals surface area contributed by atoms with Gasteiger partial charge < -0.3 is 24.3 Å². The number of fused-ring (bicyclic) bond motifs is 1. The van der Waals surface area contributed by atoms with Gasteiger partial charge in [0, 0.05) is 44.2 Å². The molecule has 192 valence electrons. The average molecular weight is 514 g/mol. The van der Waals surface area contributed by atoms with Crippen LogP contribution >= 0.6 is 11.6 Å². The average Bonchev–Trinajstić information content (AvgIpc) is 2.88. The van der Waals surface area contributed by atoms with Gasteiger partial charge in [-0.15, -0.1) is 0 Å². The van der Waals surface area contributed by atoms with Gasteiger partial charge in [0.1, 0.15) is 11.6 Å². The third-order valence-corrected chi connectivity index (χ3v) is 6.70. The number of nitrogens with zero attached hydrogens (tertiary/aromatic N) is 4. The summed E-state index contributed by atoms with van der Waals surface area (Å²) in [4.78, 5) is 36.1. The quantitative estimate of drug-likeness (QED) is 0.425. The van der Waals surface area contributed by atoms with Crippen LogP contribution in [0.4, 0.5) is 17.5 Å². The van der Waals surface area contributed by atoms with Gasteiger partial charge in [0.15, 0.2) is 17.4 Å². The summed E-state index contributed by atoms with van der Waals surface area (Å²) >= 11 is 6.42. The third kappa shape index (κ3) is 5.96. The van der Waals surface area contributed by atoms with Crippen LogP contribution in [0.1, 0.15) is 33.1 Å². The molecule has 0 aliphatic carbocycles. The van der Waals surface area contributed by atoms with Crippen LogP contribution in [0.25, 0.3) is 10.9 Å². The number of ketones is 1. The summed E-state index contributed by atoms with van der Waals surface area (Å²) in [7, 11) is 1.58. The summed E-state index contributed by atoms with van der Waals surface area (Å²) in [5.74, 6) is 1.92. The van der Waals surface area contributed by atoms with Crippen molar-refractivity contribution in [3.05, 3.63) is 45.8 Å². The lowest BCUT2D eigenvalue weighted by Gasteiger charge is -2.30. The smallest absolute Gasteiger partial charge is 0.293 e. The lowest BCUT2D eigenvalue weighted by atomic mass is 10.00. The molecule has 1 N–H and O–H groups in total. The van der Waals surface area contributed by atoms with Gasteiger partial charge in [-0.2, -0.15) is 4.98 Å². The summed E-state index contributed by atoms with van der Waals surface area (Å²) in [6.45, 7) is 6.43. The molecule has 0 atom stereocenters. The van der Waals surface area contributed by atoms with Crippen LogP contribution < -0.4 is 20.5 Å². The summed E-state index contributed by atoms with van der Waals surface area (Å²) in [5, 5.41) is 4.47. The molecule has 36 heavy (non-hydrogen) atoms. The highest BCUT2D eigenvalue weighted by Crippen LogP contribution is 2.29. The molecule has 1 fully saturated rings. The Balaban J connectivity index is 1.65. The number of rotatable bonds is 10. The Hall–Kier alpha value is -3.17. The Morgan fingerprint density at radius 2 is 2.03 bits per heavy atom. The van der Waals surface area contributed by atoms with Gasteiger partial charge in [0.25, 0.3) is 5.56 Å². The molecular formula is C26H32ClN5O4. The molecule has 4 rings (SSSR count). The van der Waals surface area contributed by atoms with Gasteiger partial charge in [-0.25, -0.2) is 4.98 Å². The van der Waals surface area contributed by atoms with E-state index in [2.05, 4.69) is 27.1 Å². The van der Waals surface area contributed by atoms with Gasteiger partial charge in [-0.3, -0.25) is 9.59 Å². The minimum absolute atomic E-state index is 0.0780. The molecule has 0 bridgehead atoms. The third-order valence-electron chi connectivity index (χ3n) is 6.42. The predicted molar refractivity (Wildman–Crippen MR) is 142 cm³/mol. The van der Waals surface area contributed by atoms with Gasteiger partial charge in [0.2, 0.25) is 5.95 Å². The van der Waals surface area contributed by atoms with E-state index < -0.39 is 0 Å². The molecule has 0 saturated carbocycles. The normalized spacial score (nSPS) is 14.3. The summed E-state index contributed by atoms with van der Waals surface area (Å²) in [5.41, 5.74) is 1.17. The number of anilines is 3. The Kier molecular flexibility index (Phi) is 8.43. The number of hydrogen-bond acceptors (Lipinski definition) is 8. The molecule has 0 radical (unpaired) electrons. The Bertz CT molecular complexity index is 1290. The number of Topliss-reactive ketones (excluding diaryl/α,β-unsaturated/α-hetero) is 1. The SMILES string of the molecule is CCC(=O)COc1cc2cc(Nc3nc(N4CCC(C)CC4)ncc3Cl)ccc2n(CCOC)c1=O. The van der Waals surface area contributed by atoms with Crippen LogP contribution in [0.15, 0.2) is 35.3 Å². The largest absolute Gasteiger partial charge is 0.480 e. The van der Waals surface area contributed by atoms with E-state index in [0.717, 1.165) is 42.5 Å². The number of ether oxygens (including phenoxy) is 2. The molecule has 2 aromatic heterocycles. The summed E-state index contributed by atoms with van der Waals surface area (Å²) in [6, 6.07) is 7.29. The first-order valence-corrected chi connectivity index (χ1v) is 12.6. The number of carbonyl (C=O) groups is 1.